The van der Waals surface area contributed by atoms with E-state index >= 15 is 0 Å². The number of hydrogen-bond acceptors (Lipinski definition) is 3. The highest BCUT2D eigenvalue weighted by Crippen LogP contribution is 2.39. The highest BCUT2D eigenvalue weighted by molar-refractivity contribution is 5.85. The van der Waals surface area contributed by atoms with Gasteiger partial charge in [-0.1, -0.05) is 33.8 Å². The number of Topliss-reactive ketones (excluding diaryl/α,β-unsaturated/α-hetero) is 1. The summed E-state index contributed by atoms with van der Waals surface area (Å²) in [5.41, 5.74) is 1.25. The smallest absolute Gasteiger partial charge is 0.315 e. The molecule has 0 heterocycles. The molecule has 3 rings (SSSR count). The van der Waals surface area contributed by atoms with Crippen LogP contribution >= 0.6 is 0 Å². The number of esters is 1. The third-order valence-corrected chi connectivity index (χ3v) is 5.40. The summed E-state index contributed by atoms with van der Waals surface area (Å²) in [5.74, 6) is -17.2. The Morgan fingerprint density at radius 3 is 1.85 bits per heavy atom. The first-order valence-electron chi connectivity index (χ1n) is 11.0. The number of ether oxygens (including phenoxy) is 1. The van der Waals surface area contributed by atoms with Crippen LogP contribution in [-0.4, -0.2) is 11.8 Å². The van der Waals surface area contributed by atoms with Gasteiger partial charge in [0.2, 0.25) is 34.8 Å². The summed E-state index contributed by atoms with van der Waals surface area (Å²) < 4.78 is 86.4. The minimum atomic E-state index is -2.38. The van der Waals surface area contributed by atoms with Crippen LogP contribution < -0.4 is 4.74 Å². The topological polar surface area (TPSA) is 43.4 Å². The molecule has 0 N–H and O–H groups in total. The molecule has 34 heavy (non-hydrogen) atoms. The normalized spacial score (nSPS) is 17.2. The number of carbonyl (C=O) groups excluding carboxylic acids is 2. The minimum Gasteiger partial charge on any atom is -0.420 e. The molecule has 0 saturated heterocycles. The van der Waals surface area contributed by atoms with Gasteiger partial charge in [-0.2, -0.15) is 8.78 Å². The summed E-state index contributed by atoms with van der Waals surface area (Å²) in [4.78, 5) is 24.5. The Hall–Kier alpha value is -2.84. The van der Waals surface area contributed by atoms with E-state index in [9.17, 15) is 35.9 Å². The Morgan fingerprint density at radius 2 is 1.35 bits per heavy atom. The molecular weight excluding hydrogens is 462 g/mol. The van der Waals surface area contributed by atoms with Gasteiger partial charge >= 0.3 is 5.97 Å². The summed E-state index contributed by atoms with van der Waals surface area (Å²) in [6.07, 6.45) is -0.272. The number of aryl methyl sites for hydroxylation is 1. The van der Waals surface area contributed by atoms with E-state index in [1.54, 1.807) is 19.9 Å². The van der Waals surface area contributed by atoms with Gasteiger partial charge < -0.3 is 4.74 Å². The average Bonchev–Trinajstić information content (AvgIpc) is 2.84. The molecule has 2 aromatic carbocycles. The van der Waals surface area contributed by atoms with Gasteiger partial charge in [0.15, 0.2) is 0 Å². The summed E-state index contributed by atoms with van der Waals surface area (Å²) in [7, 11) is 0. The predicted octanol–water partition coefficient (Wildman–Crippen LogP) is 7.25. The highest BCUT2D eigenvalue weighted by atomic mass is 19.2. The van der Waals surface area contributed by atoms with Gasteiger partial charge in [-0.15, -0.1) is 0 Å². The van der Waals surface area contributed by atoms with Crippen molar-refractivity contribution in [3.8, 4) is 5.75 Å². The summed E-state index contributed by atoms with van der Waals surface area (Å²) in [5, 5.41) is 0. The monoisotopic (exact) mass is 490 g/mol. The van der Waals surface area contributed by atoms with Crippen molar-refractivity contribution in [2.45, 2.75) is 66.7 Å². The van der Waals surface area contributed by atoms with E-state index in [4.69, 9.17) is 0 Å². The van der Waals surface area contributed by atoms with E-state index < -0.39 is 58.5 Å². The molecule has 1 fully saturated rings. The Morgan fingerprint density at radius 1 is 0.853 bits per heavy atom. The fraction of sp³-hybridized carbons (Fsp3) is 0.440. The molecule has 0 aliphatic heterocycles. The Labute approximate surface area is 195 Å². The molecule has 1 aliphatic carbocycles. The van der Waals surface area contributed by atoms with Crippen molar-refractivity contribution < 1.29 is 40.7 Å². The van der Waals surface area contributed by atoms with Crippen molar-refractivity contribution in [1.82, 2.24) is 0 Å². The van der Waals surface area contributed by atoms with E-state index in [0.717, 1.165) is 6.07 Å². The van der Waals surface area contributed by atoms with Crippen LogP contribution in [0.4, 0.5) is 26.3 Å². The molecule has 9 heteroatoms. The van der Waals surface area contributed by atoms with Gasteiger partial charge in [-0.3, -0.25) is 9.59 Å². The maximum absolute atomic E-state index is 14.2. The van der Waals surface area contributed by atoms with Crippen LogP contribution in [0.2, 0.25) is 0 Å². The molecule has 0 amide bonds. The van der Waals surface area contributed by atoms with Crippen LogP contribution in [0.1, 0.15) is 69.6 Å². The Balaban J connectivity index is 0.00000137. The van der Waals surface area contributed by atoms with Crippen molar-refractivity contribution in [2.75, 3.05) is 0 Å². The van der Waals surface area contributed by atoms with Crippen molar-refractivity contribution in [1.29, 1.82) is 0 Å². The summed E-state index contributed by atoms with van der Waals surface area (Å²) in [6.45, 7) is 11.2. The first-order chi connectivity index (χ1) is 16.0. The van der Waals surface area contributed by atoms with Gasteiger partial charge in [-0.05, 0) is 43.0 Å². The van der Waals surface area contributed by atoms with E-state index in [-0.39, 0.29) is 25.0 Å². The Bertz CT molecular complexity index is 999. The van der Waals surface area contributed by atoms with E-state index in [1.807, 2.05) is 27.7 Å². The summed E-state index contributed by atoms with van der Waals surface area (Å²) in [6, 6.07) is 2.74. The largest absolute Gasteiger partial charge is 0.420 e. The third kappa shape index (κ3) is 5.98. The van der Waals surface area contributed by atoms with Crippen LogP contribution in [-0.2, 0) is 9.59 Å². The fourth-order valence-electron chi connectivity index (χ4n) is 3.55. The number of ketones is 1. The molecule has 1 aliphatic rings. The Kier molecular flexibility index (Phi) is 10.8. The molecule has 1 saturated carbocycles. The molecule has 2 atom stereocenters. The molecule has 0 radical (unpaired) electrons. The van der Waals surface area contributed by atoms with Crippen LogP contribution in [0, 0.1) is 54.7 Å². The molecule has 0 spiro atoms. The van der Waals surface area contributed by atoms with Gasteiger partial charge in [0.25, 0.3) is 0 Å². The lowest BCUT2D eigenvalue weighted by Crippen LogP contribution is -2.33. The van der Waals surface area contributed by atoms with Gasteiger partial charge in [-0.25, -0.2) is 17.6 Å². The maximum Gasteiger partial charge on any atom is 0.315 e. The lowest BCUT2D eigenvalue weighted by atomic mass is 9.74. The first-order valence-corrected chi connectivity index (χ1v) is 11.0. The number of halogens is 6. The molecule has 0 bridgehead atoms. The quantitative estimate of drug-likeness (QED) is 0.150. The first kappa shape index (κ1) is 29.2. The number of rotatable bonds is 3. The lowest BCUT2D eigenvalue weighted by Gasteiger charge is -2.30. The zero-order chi connectivity index (χ0) is 26.3. The number of carbonyl (C=O) groups is 2. The fourth-order valence-corrected chi connectivity index (χ4v) is 3.55. The minimum absolute atomic E-state index is 0.0410. The van der Waals surface area contributed by atoms with Crippen LogP contribution in [0.5, 0.6) is 5.75 Å². The maximum atomic E-state index is 14.2. The molecule has 2 aromatic rings. The van der Waals surface area contributed by atoms with E-state index in [1.165, 1.54) is 0 Å². The zero-order valence-electron chi connectivity index (χ0n) is 19.9. The summed E-state index contributed by atoms with van der Waals surface area (Å²) >= 11 is 0. The third-order valence-electron chi connectivity index (χ3n) is 5.40. The second-order valence-corrected chi connectivity index (χ2v) is 7.26. The zero-order valence-corrected chi connectivity index (χ0v) is 19.9. The van der Waals surface area contributed by atoms with E-state index in [0.29, 0.717) is 16.7 Å². The number of benzene rings is 2. The van der Waals surface area contributed by atoms with Gasteiger partial charge in [0.05, 0.1) is 5.92 Å². The predicted molar refractivity (Wildman–Crippen MR) is 116 cm³/mol. The molecular formula is C25H28F6O3. The van der Waals surface area contributed by atoms with Crippen LogP contribution in [0.25, 0.3) is 0 Å². The van der Waals surface area contributed by atoms with Crippen LogP contribution in [0.15, 0.2) is 12.1 Å². The second-order valence-electron chi connectivity index (χ2n) is 7.26. The van der Waals surface area contributed by atoms with E-state index in [2.05, 4.69) is 4.74 Å². The van der Waals surface area contributed by atoms with Gasteiger partial charge in [0.1, 0.15) is 11.6 Å². The van der Waals surface area contributed by atoms with Crippen molar-refractivity contribution in [3.63, 3.8) is 0 Å². The molecule has 3 nitrogen and oxygen atoms in total. The molecule has 1 unspecified atom stereocenters. The van der Waals surface area contributed by atoms with Crippen molar-refractivity contribution in [3.05, 3.63) is 63.7 Å². The molecule has 0 aromatic heterocycles. The standard InChI is InChI=1S/C21H16F6O3.2C2H6/c1-8-5-10(6-14(22)9(8)2)13-7-11(28)3-4-12(13)21(29)30-20-18(26)16(24)15(23)17(25)19(20)27;2*1-2/h5-6,12-13H,3-4,7H2,1-2H3;2*1-2H3/t12-,13?;;/m1../s1. The molecule has 188 valence electrons. The second kappa shape index (κ2) is 12.6. The average molecular weight is 490 g/mol. The van der Waals surface area contributed by atoms with Crippen molar-refractivity contribution >= 4 is 11.8 Å². The van der Waals surface area contributed by atoms with Crippen molar-refractivity contribution in [2.24, 2.45) is 5.92 Å². The van der Waals surface area contributed by atoms with Gasteiger partial charge in [0, 0.05) is 18.8 Å². The van der Waals surface area contributed by atoms with Crippen LogP contribution in [0.3, 0.4) is 0 Å². The lowest BCUT2D eigenvalue weighted by molar-refractivity contribution is -0.142. The highest BCUT2D eigenvalue weighted by Gasteiger charge is 2.38. The number of hydrogen-bond donors (Lipinski definition) is 0. The SMILES string of the molecule is CC.CC.Cc1cc(C2CC(=O)CC[C@H]2C(=O)Oc2c(F)c(F)c(F)c(F)c2F)cc(F)c1C.